The second-order valence-corrected chi connectivity index (χ2v) is 8.93. The molecule has 1 amide bonds. The first kappa shape index (κ1) is 26.0. The molecule has 0 fully saturated rings. The number of ether oxygens (including phenoxy) is 3. The lowest BCUT2D eigenvalue weighted by molar-refractivity contribution is -0.119. The number of benzene rings is 2. The molecule has 0 saturated heterocycles. The molecule has 178 valence electrons. The van der Waals surface area contributed by atoms with Gasteiger partial charge in [-0.25, -0.2) is 13.8 Å². The number of sulfonamides is 1. The minimum Gasteiger partial charge on any atom is -0.495 e. The number of methoxy groups -OCH3 is 1. The fourth-order valence-electron chi connectivity index (χ4n) is 2.70. The van der Waals surface area contributed by atoms with E-state index in [0.29, 0.717) is 36.0 Å². The molecule has 33 heavy (non-hydrogen) atoms. The quantitative estimate of drug-likeness (QED) is 0.275. The lowest BCUT2D eigenvalue weighted by Crippen LogP contribution is -2.39. The molecule has 0 saturated carbocycles. The van der Waals surface area contributed by atoms with Crippen LogP contribution in [0.3, 0.4) is 0 Å². The Morgan fingerprint density at radius 2 is 1.91 bits per heavy atom. The SMILES string of the molecule is C=CCOc1ccc(/C=N\NC(=O)CN(c2ccc(OC)c(Cl)c2)S(C)(=O)=O)cc1OCC. The van der Waals surface area contributed by atoms with E-state index in [1.807, 2.05) is 6.92 Å². The Morgan fingerprint density at radius 3 is 2.52 bits per heavy atom. The van der Waals surface area contributed by atoms with Crippen molar-refractivity contribution in [2.24, 2.45) is 5.10 Å². The molecule has 0 aromatic heterocycles. The highest BCUT2D eigenvalue weighted by atomic mass is 35.5. The molecule has 0 unspecified atom stereocenters. The van der Waals surface area contributed by atoms with Gasteiger partial charge in [0.25, 0.3) is 5.91 Å². The van der Waals surface area contributed by atoms with Crippen LogP contribution in [0.2, 0.25) is 5.02 Å². The van der Waals surface area contributed by atoms with Crippen molar-refractivity contribution in [2.75, 3.05) is 37.4 Å². The predicted octanol–water partition coefficient (Wildman–Crippen LogP) is 3.23. The van der Waals surface area contributed by atoms with Crippen molar-refractivity contribution >= 4 is 39.4 Å². The summed E-state index contributed by atoms with van der Waals surface area (Å²) in [6.45, 7) is 5.75. The van der Waals surface area contributed by atoms with Crippen LogP contribution in [0.4, 0.5) is 5.69 Å². The summed E-state index contributed by atoms with van der Waals surface area (Å²) in [7, 11) is -2.32. The molecule has 0 spiro atoms. The fraction of sp³-hybridized carbons (Fsp3) is 0.273. The van der Waals surface area contributed by atoms with E-state index in [9.17, 15) is 13.2 Å². The smallest absolute Gasteiger partial charge is 0.260 e. The molecule has 2 rings (SSSR count). The van der Waals surface area contributed by atoms with E-state index in [-0.39, 0.29) is 10.7 Å². The molecule has 9 nitrogen and oxygen atoms in total. The number of hydrazone groups is 1. The van der Waals surface area contributed by atoms with Crippen LogP contribution >= 0.6 is 11.6 Å². The van der Waals surface area contributed by atoms with Crippen LogP contribution in [0.5, 0.6) is 17.2 Å². The van der Waals surface area contributed by atoms with Gasteiger partial charge < -0.3 is 14.2 Å². The van der Waals surface area contributed by atoms with Gasteiger partial charge in [-0.15, -0.1) is 0 Å². The normalized spacial score (nSPS) is 11.2. The van der Waals surface area contributed by atoms with Gasteiger partial charge in [-0.2, -0.15) is 5.10 Å². The standard InChI is InChI=1S/C22H26ClN3O6S/c1-5-11-32-20-9-7-16(12-21(20)31-6-2)14-24-25-22(27)15-26(33(4,28)29)17-8-10-19(30-3)18(23)13-17/h5,7-10,12-14H,1,6,11,15H2,2-4H3,(H,25,27)/b24-14-. The van der Waals surface area contributed by atoms with E-state index in [1.165, 1.54) is 31.5 Å². The van der Waals surface area contributed by atoms with E-state index < -0.39 is 22.5 Å². The Hall–Kier alpha value is -3.24. The monoisotopic (exact) mass is 495 g/mol. The molecule has 0 bridgehead atoms. The molecule has 11 heteroatoms. The lowest BCUT2D eigenvalue weighted by atomic mass is 10.2. The highest BCUT2D eigenvalue weighted by Gasteiger charge is 2.21. The Balaban J connectivity index is 2.11. The summed E-state index contributed by atoms with van der Waals surface area (Å²) in [5.41, 5.74) is 3.19. The minimum atomic E-state index is -3.77. The number of carbonyl (C=O) groups is 1. The average molecular weight is 496 g/mol. The molecular formula is C22H26ClN3O6S. The third kappa shape index (κ3) is 7.69. The average Bonchev–Trinajstić information content (AvgIpc) is 2.76. The zero-order chi connectivity index (χ0) is 24.4. The molecule has 2 aromatic rings. The van der Waals surface area contributed by atoms with Crippen molar-refractivity contribution < 1.29 is 27.4 Å². The number of amides is 1. The fourth-order valence-corrected chi connectivity index (χ4v) is 3.80. The molecule has 1 N–H and O–H groups in total. The molecule has 0 atom stereocenters. The van der Waals surface area contributed by atoms with Crippen LogP contribution in [-0.2, 0) is 14.8 Å². The van der Waals surface area contributed by atoms with E-state index in [0.717, 1.165) is 10.6 Å². The van der Waals surface area contributed by atoms with Gasteiger partial charge in [-0.3, -0.25) is 9.10 Å². The number of hydrogen-bond acceptors (Lipinski definition) is 7. The zero-order valence-electron chi connectivity index (χ0n) is 18.6. The van der Waals surface area contributed by atoms with Crippen LogP contribution in [-0.4, -0.2) is 53.7 Å². The Kier molecular flexibility index (Phi) is 9.56. The number of halogens is 1. The first-order valence-electron chi connectivity index (χ1n) is 9.83. The van der Waals surface area contributed by atoms with Gasteiger partial charge >= 0.3 is 0 Å². The van der Waals surface area contributed by atoms with Crippen LogP contribution < -0.4 is 23.9 Å². The Morgan fingerprint density at radius 1 is 1.18 bits per heavy atom. The van der Waals surface area contributed by atoms with Crippen LogP contribution in [0.1, 0.15) is 12.5 Å². The van der Waals surface area contributed by atoms with Gasteiger partial charge in [0.1, 0.15) is 18.9 Å². The van der Waals surface area contributed by atoms with E-state index in [1.54, 1.807) is 24.3 Å². The summed E-state index contributed by atoms with van der Waals surface area (Å²) >= 11 is 6.09. The van der Waals surface area contributed by atoms with Gasteiger partial charge in [-0.05, 0) is 48.9 Å². The predicted molar refractivity (Wildman–Crippen MR) is 129 cm³/mol. The first-order valence-corrected chi connectivity index (χ1v) is 12.1. The van der Waals surface area contributed by atoms with Crippen LogP contribution in [0, 0.1) is 0 Å². The van der Waals surface area contributed by atoms with E-state index >= 15 is 0 Å². The Bertz CT molecular complexity index is 1120. The third-order valence-electron chi connectivity index (χ3n) is 4.14. The summed E-state index contributed by atoms with van der Waals surface area (Å²) < 4.78 is 41.6. The topological polar surface area (TPSA) is 107 Å². The summed E-state index contributed by atoms with van der Waals surface area (Å²) in [6, 6.07) is 9.58. The van der Waals surface area contributed by atoms with Crippen LogP contribution in [0.25, 0.3) is 0 Å². The van der Waals surface area contributed by atoms with E-state index in [4.69, 9.17) is 25.8 Å². The summed E-state index contributed by atoms with van der Waals surface area (Å²) in [5.74, 6) is 0.823. The summed E-state index contributed by atoms with van der Waals surface area (Å²) in [5, 5.41) is 4.12. The second kappa shape index (κ2) is 12.1. The van der Waals surface area contributed by atoms with Gasteiger partial charge in [-0.1, -0.05) is 24.3 Å². The highest BCUT2D eigenvalue weighted by Crippen LogP contribution is 2.30. The molecule has 2 aromatic carbocycles. The molecular weight excluding hydrogens is 470 g/mol. The molecule has 0 heterocycles. The second-order valence-electron chi connectivity index (χ2n) is 6.62. The number of anilines is 1. The third-order valence-corrected chi connectivity index (χ3v) is 5.57. The molecule has 0 aliphatic rings. The van der Waals surface area contributed by atoms with Crippen molar-refractivity contribution in [1.29, 1.82) is 0 Å². The number of rotatable bonds is 12. The number of carbonyl (C=O) groups excluding carboxylic acids is 1. The summed E-state index contributed by atoms with van der Waals surface area (Å²) in [6.07, 6.45) is 4.03. The van der Waals surface area contributed by atoms with Gasteiger partial charge in [0.05, 0.1) is 36.9 Å². The maximum atomic E-state index is 12.4. The zero-order valence-corrected chi connectivity index (χ0v) is 20.1. The van der Waals surface area contributed by atoms with Crippen molar-refractivity contribution in [3.05, 3.63) is 59.6 Å². The van der Waals surface area contributed by atoms with Crippen molar-refractivity contribution in [3.63, 3.8) is 0 Å². The van der Waals surface area contributed by atoms with Crippen molar-refractivity contribution in [1.82, 2.24) is 5.43 Å². The number of hydrogen-bond donors (Lipinski definition) is 1. The lowest BCUT2D eigenvalue weighted by Gasteiger charge is -2.22. The van der Waals surface area contributed by atoms with Gasteiger partial charge in [0.2, 0.25) is 10.0 Å². The maximum absolute atomic E-state index is 12.4. The summed E-state index contributed by atoms with van der Waals surface area (Å²) in [4.78, 5) is 12.4. The molecule has 0 aliphatic carbocycles. The van der Waals surface area contributed by atoms with Gasteiger partial charge in [0.15, 0.2) is 11.5 Å². The van der Waals surface area contributed by atoms with E-state index in [2.05, 4.69) is 17.1 Å². The van der Waals surface area contributed by atoms with Crippen molar-refractivity contribution in [2.45, 2.75) is 6.92 Å². The molecule has 0 radical (unpaired) electrons. The first-order chi connectivity index (χ1) is 15.7. The minimum absolute atomic E-state index is 0.215. The van der Waals surface area contributed by atoms with Gasteiger partial charge in [0, 0.05) is 0 Å². The van der Waals surface area contributed by atoms with Crippen LogP contribution in [0.15, 0.2) is 54.2 Å². The maximum Gasteiger partial charge on any atom is 0.260 e. The molecule has 0 aliphatic heterocycles. The van der Waals surface area contributed by atoms with Crippen molar-refractivity contribution in [3.8, 4) is 17.2 Å². The number of nitrogens with one attached hydrogen (secondary N) is 1. The number of nitrogens with zero attached hydrogens (tertiary/aromatic N) is 2. The highest BCUT2D eigenvalue weighted by molar-refractivity contribution is 7.92. The largest absolute Gasteiger partial charge is 0.495 e. The Labute approximate surface area is 198 Å².